The van der Waals surface area contributed by atoms with Gasteiger partial charge < -0.3 is 10.6 Å². The lowest BCUT2D eigenvalue weighted by atomic mass is 9.97. The van der Waals surface area contributed by atoms with Crippen LogP contribution in [0.5, 0.6) is 0 Å². The standard InChI is InChI=1S/C22H19BrClF3N4O/c1-2-12-3-9-15(10-4-12)28-21(32)19-18(24)20-29-16(13-5-7-14(23)8-6-13)11-17(22(25,26)27)31(20)30-19/h3-10,16-17,29H,2,11H2,1H3,(H,28,32). The lowest BCUT2D eigenvalue weighted by molar-refractivity contribution is -0.173. The van der Waals surface area contributed by atoms with Crippen LogP contribution in [0.15, 0.2) is 53.0 Å². The maximum Gasteiger partial charge on any atom is 0.410 e. The number of alkyl halides is 3. The molecule has 0 spiro atoms. The first-order valence-electron chi connectivity index (χ1n) is 9.94. The molecule has 1 aliphatic heterocycles. The van der Waals surface area contributed by atoms with Crippen LogP contribution in [0.3, 0.4) is 0 Å². The minimum Gasteiger partial charge on any atom is -0.362 e. The predicted molar refractivity (Wildman–Crippen MR) is 121 cm³/mol. The minimum absolute atomic E-state index is 0.0281. The van der Waals surface area contributed by atoms with Gasteiger partial charge in [-0.15, -0.1) is 0 Å². The number of amides is 1. The summed E-state index contributed by atoms with van der Waals surface area (Å²) in [5.41, 5.74) is 2.00. The number of halogens is 5. The van der Waals surface area contributed by atoms with Gasteiger partial charge in [0.2, 0.25) is 0 Å². The number of hydrogen-bond donors (Lipinski definition) is 2. The van der Waals surface area contributed by atoms with Gasteiger partial charge in [-0.1, -0.05) is 58.7 Å². The number of nitrogens with zero attached hydrogens (tertiary/aromatic N) is 2. The zero-order chi connectivity index (χ0) is 23.0. The van der Waals surface area contributed by atoms with Crippen LogP contribution in [0, 0.1) is 0 Å². The van der Waals surface area contributed by atoms with E-state index in [0.29, 0.717) is 11.3 Å². The molecule has 2 atom stereocenters. The number of anilines is 2. The van der Waals surface area contributed by atoms with Gasteiger partial charge in [0.05, 0.1) is 6.04 Å². The fraction of sp³-hybridized carbons (Fsp3) is 0.273. The normalized spacial score (nSPS) is 18.1. The predicted octanol–water partition coefficient (Wildman–Crippen LogP) is 6.77. The number of nitrogens with one attached hydrogen (secondary N) is 2. The summed E-state index contributed by atoms with van der Waals surface area (Å²) in [5.74, 6) is -0.705. The summed E-state index contributed by atoms with van der Waals surface area (Å²) in [5, 5.41) is 9.48. The molecule has 1 amide bonds. The van der Waals surface area contributed by atoms with Crippen molar-refractivity contribution < 1.29 is 18.0 Å². The van der Waals surface area contributed by atoms with Crippen LogP contribution in [-0.2, 0) is 6.42 Å². The van der Waals surface area contributed by atoms with Crippen LogP contribution in [0.4, 0.5) is 24.7 Å². The van der Waals surface area contributed by atoms with Crippen molar-refractivity contribution in [1.29, 1.82) is 0 Å². The van der Waals surface area contributed by atoms with Crippen LogP contribution >= 0.6 is 27.5 Å². The lowest BCUT2D eigenvalue weighted by Crippen LogP contribution is -2.35. The van der Waals surface area contributed by atoms with Gasteiger partial charge in [0.15, 0.2) is 11.7 Å². The van der Waals surface area contributed by atoms with Gasteiger partial charge in [-0.25, -0.2) is 4.68 Å². The maximum atomic E-state index is 13.9. The molecule has 0 saturated heterocycles. The van der Waals surface area contributed by atoms with Crippen molar-refractivity contribution in [1.82, 2.24) is 9.78 Å². The number of rotatable bonds is 4. The number of fused-ring (bicyclic) bond motifs is 1. The molecule has 3 aromatic rings. The molecule has 2 aromatic carbocycles. The minimum atomic E-state index is -4.57. The molecule has 168 valence electrons. The van der Waals surface area contributed by atoms with Crippen LogP contribution in [0.25, 0.3) is 0 Å². The number of carbonyl (C=O) groups is 1. The Labute approximate surface area is 196 Å². The topological polar surface area (TPSA) is 59.0 Å². The Morgan fingerprint density at radius 1 is 1.22 bits per heavy atom. The molecule has 5 nitrogen and oxygen atoms in total. The fourth-order valence-corrected chi connectivity index (χ4v) is 4.19. The average molecular weight is 528 g/mol. The SMILES string of the molecule is CCc1ccc(NC(=O)c2nn3c(c2Cl)NC(c2ccc(Br)cc2)CC3C(F)(F)F)cc1. The van der Waals surface area contributed by atoms with Crippen LogP contribution in [0.1, 0.15) is 47.0 Å². The second-order valence-electron chi connectivity index (χ2n) is 7.50. The van der Waals surface area contributed by atoms with Crippen molar-refractivity contribution >= 4 is 44.9 Å². The van der Waals surface area contributed by atoms with Gasteiger partial charge in [0, 0.05) is 16.6 Å². The Balaban J connectivity index is 1.66. The molecule has 1 aromatic heterocycles. The second kappa shape index (κ2) is 8.78. The Bertz CT molecular complexity index is 1130. The van der Waals surface area contributed by atoms with Crippen molar-refractivity contribution in [2.45, 2.75) is 38.0 Å². The molecule has 2 heterocycles. The lowest BCUT2D eigenvalue weighted by Gasteiger charge is -2.33. The number of aryl methyl sites for hydroxylation is 1. The highest BCUT2D eigenvalue weighted by molar-refractivity contribution is 9.10. The first-order chi connectivity index (χ1) is 15.2. The molecular formula is C22H19BrClF3N4O. The Morgan fingerprint density at radius 2 is 1.88 bits per heavy atom. The Kier molecular flexibility index (Phi) is 6.22. The molecule has 4 rings (SSSR count). The van der Waals surface area contributed by atoms with Gasteiger partial charge in [0.1, 0.15) is 10.8 Å². The largest absolute Gasteiger partial charge is 0.410 e. The van der Waals surface area contributed by atoms with Crippen molar-refractivity contribution in [3.05, 3.63) is 74.8 Å². The van der Waals surface area contributed by atoms with E-state index in [0.717, 1.165) is 21.1 Å². The first kappa shape index (κ1) is 22.7. The third-order valence-electron chi connectivity index (χ3n) is 5.40. The summed E-state index contributed by atoms with van der Waals surface area (Å²) in [7, 11) is 0. The van der Waals surface area contributed by atoms with E-state index in [1.54, 1.807) is 36.4 Å². The van der Waals surface area contributed by atoms with E-state index in [1.807, 2.05) is 19.1 Å². The Morgan fingerprint density at radius 3 is 2.47 bits per heavy atom. The van der Waals surface area contributed by atoms with Crippen molar-refractivity contribution in [3.63, 3.8) is 0 Å². The third kappa shape index (κ3) is 4.49. The van der Waals surface area contributed by atoms with Crippen molar-refractivity contribution in [2.24, 2.45) is 0 Å². The molecule has 0 aliphatic carbocycles. The van der Waals surface area contributed by atoms with Crippen molar-refractivity contribution in [3.8, 4) is 0 Å². The molecule has 2 unspecified atom stereocenters. The molecule has 0 radical (unpaired) electrons. The second-order valence-corrected chi connectivity index (χ2v) is 8.80. The van der Waals surface area contributed by atoms with Crippen molar-refractivity contribution in [2.75, 3.05) is 10.6 Å². The van der Waals surface area contributed by atoms with Gasteiger partial charge in [-0.05, 0) is 41.8 Å². The Hall–Kier alpha value is -2.52. The molecule has 1 aliphatic rings. The van der Waals surface area contributed by atoms with E-state index in [1.165, 1.54) is 0 Å². The smallest absolute Gasteiger partial charge is 0.362 e. The van der Waals surface area contributed by atoms with Gasteiger partial charge in [0.25, 0.3) is 5.91 Å². The van der Waals surface area contributed by atoms with Gasteiger partial charge in [-0.3, -0.25) is 4.79 Å². The van der Waals surface area contributed by atoms with Gasteiger partial charge >= 0.3 is 6.18 Å². The fourth-order valence-electron chi connectivity index (χ4n) is 3.66. The zero-order valence-electron chi connectivity index (χ0n) is 16.9. The molecule has 2 N–H and O–H groups in total. The summed E-state index contributed by atoms with van der Waals surface area (Å²) in [6.45, 7) is 2.01. The van der Waals surface area contributed by atoms with E-state index >= 15 is 0 Å². The van der Waals surface area contributed by atoms with E-state index in [-0.39, 0.29) is 23.0 Å². The zero-order valence-corrected chi connectivity index (χ0v) is 19.2. The van der Waals surface area contributed by atoms with E-state index in [2.05, 4.69) is 31.7 Å². The average Bonchev–Trinajstić information content (AvgIpc) is 3.10. The molecule has 0 fully saturated rings. The van der Waals surface area contributed by atoms with Crippen LogP contribution in [-0.4, -0.2) is 21.9 Å². The van der Waals surface area contributed by atoms with E-state index < -0.39 is 24.2 Å². The van der Waals surface area contributed by atoms with Crippen LogP contribution in [0.2, 0.25) is 5.02 Å². The summed E-state index contributed by atoms with van der Waals surface area (Å²) in [6, 6.07) is 11.6. The molecule has 0 bridgehead atoms. The number of carbonyl (C=O) groups excluding carboxylic acids is 1. The maximum absolute atomic E-state index is 13.9. The highest BCUT2D eigenvalue weighted by Gasteiger charge is 2.47. The van der Waals surface area contributed by atoms with Crippen LogP contribution < -0.4 is 10.6 Å². The van der Waals surface area contributed by atoms with Gasteiger partial charge in [-0.2, -0.15) is 18.3 Å². The molecular weight excluding hydrogens is 509 g/mol. The molecule has 32 heavy (non-hydrogen) atoms. The quantitative estimate of drug-likeness (QED) is 0.393. The number of aromatic nitrogens is 2. The highest BCUT2D eigenvalue weighted by Crippen LogP contribution is 2.46. The molecule has 10 heteroatoms. The summed E-state index contributed by atoms with van der Waals surface area (Å²) < 4.78 is 43.3. The number of hydrogen-bond acceptors (Lipinski definition) is 3. The summed E-state index contributed by atoms with van der Waals surface area (Å²) >= 11 is 9.69. The first-order valence-corrected chi connectivity index (χ1v) is 11.1. The summed E-state index contributed by atoms with van der Waals surface area (Å²) in [6.07, 6.45) is -4.00. The number of benzene rings is 2. The van der Waals surface area contributed by atoms with E-state index in [4.69, 9.17) is 11.6 Å². The summed E-state index contributed by atoms with van der Waals surface area (Å²) in [4.78, 5) is 12.8. The monoisotopic (exact) mass is 526 g/mol. The highest BCUT2D eigenvalue weighted by atomic mass is 79.9. The van der Waals surface area contributed by atoms with E-state index in [9.17, 15) is 18.0 Å². The third-order valence-corrected chi connectivity index (χ3v) is 6.29. The molecule has 0 saturated carbocycles.